The minimum absolute atomic E-state index is 0.487. The Bertz CT molecular complexity index is 405. The molecule has 1 saturated carbocycles. The van der Waals surface area contributed by atoms with Crippen molar-refractivity contribution in [1.29, 1.82) is 0 Å². The van der Waals surface area contributed by atoms with E-state index in [4.69, 9.17) is 16.6 Å². The first-order valence-electron chi connectivity index (χ1n) is 7.03. The fourth-order valence-corrected chi connectivity index (χ4v) is 2.92. The molecule has 0 spiro atoms. The SMILES string of the molecule is CCCc1cc(Cl)nc(C2CCC(C)(C)CC2)n1. The molecule has 3 heteroatoms. The number of hydrogen-bond acceptors (Lipinski definition) is 2. The molecule has 1 aliphatic carbocycles. The van der Waals surface area contributed by atoms with Crippen molar-refractivity contribution in [3.05, 3.63) is 22.7 Å². The summed E-state index contributed by atoms with van der Waals surface area (Å²) in [7, 11) is 0. The molecule has 2 rings (SSSR count). The van der Waals surface area contributed by atoms with Crippen LogP contribution in [0.15, 0.2) is 6.07 Å². The van der Waals surface area contributed by atoms with E-state index in [-0.39, 0.29) is 0 Å². The summed E-state index contributed by atoms with van der Waals surface area (Å²) in [5.41, 5.74) is 1.58. The van der Waals surface area contributed by atoms with Gasteiger partial charge in [-0.25, -0.2) is 9.97 Å². The zero-order valence-electron chi connectivity index (χ0n) is 11.7. The Hall–Kier alpha value is -0.630. The van der Waals surface area contributed by atoms with Gasteiger partial charge in [-0.1, -0.05) is 38.8 Å². The van der Waals surface area contributed by atoms with Crippen LogP contribution in [0.25, 0.3) is 0 Å². The van der Waals surface area contributed by atoms with Crippen LogP contribution in [0.3, 0.4) is 0 Å². The highest BCUT2D eigenvalue weighted by molar-refractivity contribution is 6.29. The minimum atomic E-state index is 0.487. The Kier molecular flexibility index (Phi) is 4.26. The van der Waals surface area contributed by atoms with Gasteiger partial charge in [0.2, 0.25) is 0 Å². The minimum Gasteiger partial charge on any atom is -0.238 e. The van der Waals surface area contributed by atoms with Gasteiger partial charge in [0.05, 0.1) is 0 Å². The molecule has 0 unspecified atom stereocenters. The number of hydrogen-bond donors (Lipinski definition) is 0. The molecular formula is C15H23ClN2. The molecule has 1 aromatic heterocycles. The molecule has 0 aliphatic heterocycles. The van der Waals surface area contributed by atoms with E-state index in [0.29, 0.717) is 16.5 Å². The molecule has 18 heavy (non-hydrogen) atoms. The summed E-state index contributed by atoms with van der Waals surface area (Å²) in [5, 5.41) is 0.605. The molecule has 1 heterocycles. The monoisotopic (exact) mass is 266 g/mol. The van der Waals surface area contributed by atoms with Crippen LogP contribution in [0, 0.1) is 5.41 Å². The smallest absolute Gasteiger partial charge is 0.133 e. The molecule has 0 aromatic carbocycles. The van der Waals surface area contributed by atoms with E-state index in [0.717, 1.165) is 24.4 Å². The predicted octanol–water partition coefficient (Wildman–Crippen LogP) is 4.77. The molecule has 0 bridgehead atoms. The van der Waals surface area contributed by atoms with Gasteiger partial charge < -0.3 is 0 Å². The highest BCUT2D eigenvalue weighted by atomic mass is 35.5. The maximum absolute atomic E-state index is 6.11. The van der Waals surface area contributed by atoms with Crippen LogP contribution in [0.1, 0.15) is 70.3 Å². The molecule has 100 valence electrons. The van der Waals surface area contributed by atoms with Gasteiger partial charge in [0, 0.05) is 11.6 Å². The lowest BCUT2D eigenvalue weighted by Crippen LogP contribution is -2.21. The maximum Gasteiger partial charge on any atom is 0.133 e. The first kappa shape index (κ1) is 13.8. The van der Waals surface area contributed by atoms with Crippen LogP contribution in [0.5, 0.6) is 0 Å². The first-order valence-corrected chi connectivity index (χ1v) is 7.41. The molecule has 2 nitrogen and oxygen atoms in total. The topological polar surface area (TPSA) is 25.8 Å². The fourth-order valence-electron chi connectivity index (χ4n) is 2.71. The maximum atomic E-state index is 6.11. The van der Waals surface area contributed by atoms with Crippen molar-refractivity contribution >= 4 is 11.6 Å². The lowest BCUT2D eigenvalue weighted by atomic mass is 9.73. The van der Waals surface area contributed by atoms with E-state index < -0.39 is 0 Å². The van der Waals surface area contributed by atoms with Crippen molar-refractivity contribution in [2.24, 2.45) is 5.41 Å². The Morgan fingerprint density at radius 2 is 1.94 bits per heavy atom. The largest absolute Gasteiger partial charge is 0.238 e. The third-order valence-corrected chi connectivity index (χ3v) is 4.17. The van der Waals surface area contributed by atoms with Crippen molar-refractivity contribution in [3.63, 3.8) is 0 Å². The third-order valence-electron chi connectivity index (χ3n) is 3.98. The zero-order chi connectivity index (χ0) is 13.2. The molecule has 0 radical (unpaired) electrons. The standard InChI is InChI=1S/C15H23ClN2/c1-4-5-12-10-13(16)18-14(17-12)11-6-8-15(2,3)9-7-11/h10-11H,4-9H2,1-3H3. The van der Waals surface area contributed by atoms with E-state index in [1.165, 1.54) is 25.7 Å². The summed E-state index contributed by atoms with van der Waals surface area (Å²) in [4.78, 5) is 9.14. The molecule has 1 aromatic rings. The number of nitrogens with zero attached hydrogens (tertiary/aromatic N) is 2. The second kappa shape index (κ2) is 5.56. The number of aromatic nitrogens is 2. The van der Waals surface area contributed by atoms with E-state index in [1.807, 2.05) is 6.07 Å². The quantitative estimate of drug-likeness (QED) is 0.737. The normalized spacial score (nSPS) is 20.0. The van der Waals surface area contributed by atoms with Crippen LogP contribution in [0.4, 0.5) is 0 Å². The van der Waals surface area contributed by atoms with Crippen molar-refractivity contribution in [3.8, 4) is 0 Å². The predicted molar refractivity (Wildman–Crippen MR) is 76.0 cm³/mol. The van der Waals surface area contributed by atoms with Gasteiger partial charge in [-0.05, 0) is 43.6 Å². The molecule has 0 N–H and O–H groups in total. The Labute approximate surface area is 115 Å². The van der Waals surface area contributed by atoms with Crippen molar-refractivity contribution in [2.45, 2.75) is 65.2 Å². The summed E-state index contributed by atoms with van der Waals surface area (Å²) in [6, 6.07) is 1.90. The highest BCUT2D eigenvalue weighted by Gasteiger charge is 2.29. The van der Waals surface area contributed by atoms with Gasteiger partial charge in [-0.3, -0.25) is 0 Å². The van der Waals surface area contributed by atoms with Crippen LogP contribution >= 0.6 is 11.6 Å². The molecule has 1 fully saturated rings. The highest BCUT2D eigenvalue weighted by Crippen LogP contribution is 2.41. The van der Waals surface area contributed by atoms with E-state index in [2.05, 4.69) is 25.8 Å². The van der Waals surface area contributed by atoms with E-state index in [9.17, 15) is 0 Å². The summed E-state index contributed by atoms with van der Waals surface area (Å²) in [6.07, 6.45) is 7.00. The average molecular weight is 267 g/mol. The molecular weight excluding hydrogens is 244 g/mol. The van der Waals surface area contributed by atoms with Gasteiger partial charge >= 0.3 is 0 Å². The van der Waals surface area contributed by atoms with E-state index in [1.54, 1.807) is 0 Å². The lowest BCUT2D eigenvalue weighted by molar-refractivity contribution is 0.220. The van der Waals surface area contributed by atoms with Crippen LogP contribution in [-0.2, 0) is 6.42 Å². The molecule has 1 aliphatic rings. The van der Waals surface area contributed by atoms with Gasteiger partial charge in [-0.15, -0.1) is 0 Å². The first-order chi connectivity index (χ1) is 8.50. The van der Waals surface area contributed by atoms with Crippen LogP contribution in [0.2, 0.25) is 5.15 Å². The summed E-state index contributed by atoms with van der Waals surface area (Å²) >= 11 is 6.11. The van der Waals surface area contributed by atoms with Gasteiger partial charge in [0.25, 0.3) is 0 Å². The number of rotatable bonds is 3. The molecule has 0 atom stereocenters. The van der Waals surface area contributed by atoms with Crippen molar-refractivity contribution < 1.29 is 0 Å². The zero-order valence-corrected chi connectivity index (χ0v) is 12.4. The fraction of sp³-hybridized carbons (Fsp3) is 0.733. The molecule has 0 saturated heterocycles. The summed E-state index contributed by atoms with van der Waals surface area (Å²) in [5.74, 6) is 1.48. The van der Waals surface area contributed by atoms with Crippen molar-refractivity contribution in [2.75, 3.05) is 0 Å². The number of aryl methyl sites for hydroxylation is 1. The Balaban J connectivity index is 2.13. The summed E-state index contributed by atoms with van der Waals surface area (Å²) < 4.78 is 0. The summed E-state index contributed by atoms with van der Waals surface area (Å²) in [6.45, 7) is 6.87. The Morgan fingerprint density at radius 1 is 1.28 bits per heavy atom. The second-order valence-electron chi connectivity index (χ2n) is 6.23. The van der Waals surface area contributed by atoms with Crippen LogP contribution < -0.4 is 0 Å². The third kappa shape index (κ3) is 3.44. The molecule has 0 amide bonds. The lowest BCUT2D eigenvalue weighted by Gasteiger charge is -2.33. The Morgan fingerprint density at radius 3 is 2.56 bits per heavy atom. The van der Waals surface area contributed by atoms with Gasteiger partial charge in [0.1, 0.15) is 11.0 Å². The van der Waals surface area contributed by atoms with E-state index >= 15 is 0 Å². The average Bonchev–Trinajstić information content (AvgIpc) is 2.28. The second-order valence-corrected chi connectivity index (χ2v) is 6.62. The number of halogens is 1. The van der Waals surface area contributed by atoms with Crippen LogP contribution in [-0.4, -0.2) is 9.97 Å². The van der Waals surface area contributed by atoms with Gasteiger partial charge in [-0.2, -0.15) is 0 Å². The van der Waals surface area contributed by atoms with Crippen molar-refractivity contribution in [1.82, 2.24) is 9.97 Å². The van der Waals surface area contributed by atoms with Gasteiger partial charge in [0.15, 0.2) is 0 Å².